The molecule has 3 rings (SSSR count). The first-order valence-corrected chi connectivity index (χ1v) is 10.0. The van der Waals surface area contributed by atoms with Crippen molar-refractivity contribution in [1.29, 1.82) is 0 Å². The molecule has 150 valence electrons. The van der Waals surface area contributed by atoms with Gasteiger partial charge in [-0.25, -0.2) is 0 Å². The van der Waals surface area contributed by atoms with Gasteiger partial charge in [-0.1, -0.05) is 0 Å². The molecule has 7 nitrogen and oxygen atoms in total. The second kappa shape index (κ2) is 9.39. The molecule has 1 aliphatic heterocycles. The van der Waals surface area contributed by atoms with Crippen LogP contribution in [0.3, 0.4) is 0 Å². The summed E-state index contributed by atoms with van der Waals surface area (Å²) in [6.07, 6.45) is 0. The van der Waals surface area contributed by atoms with E-state index in [0.29, 0.717) is 25.3 Å². The zero-order chi connectivity index (χ0) is 19.9. The lowest BCUT2D eigenvalue weighted by Gasteiger charge is -2.35. The van der Waals surface area contributed by atoms with E-state index < -0.39 is 0 Å². The van der Waals surface area contributed by atoms with E-state index in [1.54, 1.807) is 0 Å². The molecule has 0 aliphatic carbocycles. The number of carbonyl (C=O) groups is 1. The van der Waals surface area contributed by atoms with E-state index in [1.807, 2.05) is 48.2 Å². The van der Waals surface area contributed by atoms with Gasteiger partial charge in [-0.15, -0.1) is 10.2 Å². The Balaban J connectivity index is 1.57. The Morgan fingerprint density at radius 1 is 0.964 bits per heavy atom. The monoisotopic (exact) mass is 383 g/mol. The van der Waals surface area contributed by atoms with Crippen LogP contribution in [0.15, 0.2) is 36.4 Å². The minimum absolute atomic E-state index is 0.0608. The van der Waals surface area contributed by atoms with E-state index in [-0.39, 0.29) is 5.91 Å². The maximum absolute atomic E-state index is 12.7. The molecule has 2 aromatic rings. The molecule has 1 fully saturated rings. The lowest BCUT2D eigenvalue weighted by molar-refractivity contribution is 0.0746. The van der Waals surface area contributed by atoms with Crippen molar-refractivity contribution >= 4 is 17.5 Å². The van der Waals surface area contributed by atoms with Crippen LogP contribution in [0.2, 0.25) is 0 Å². The van der Waals surface area contributed by atoms with Crippen LogP contribution in [0.25, 0.3) is 0 Å². The third-order valence-corrected chi connectivity index (χ3v) is 5.03. The van der Waals surface area contributed by atoms with E-state index in [2.05, 4.69) is 33.8 Å². The Hall–Kier alpha value is -2.83. The van der Waals surface area contributed by atoms with Crippen LogP contribution < -0.4 is 14.5 Å². The number of amides is 1. The molecule has 1 aromatic carbocycles. The summed E-state index contributed by atoms with van der Waals surface area (Å²) in [6, 6.07) is 11.4. The summed E-state index contributed by atoms with van der Waals surface area (Å²) in [5.41, 5.74) is 0.695. The Labute approximate surface area is 166 Å². The summed E-state index contributed by atoms with van der Waals surface area (Å²) < 4.78 is 5.44. The zero-order valence-electron chi connectivity index (χ0n) is 17.0. The van der Waals surface area contributed by atoms with Crippen molar-refractivity contribution in [3.8, 4) is 5.75 Å². The molecule has 1 amide bonds. The van der Waals surface area contributed by atoms with Gasteiger partial charge in [-0.3, -0.25) is 4.79 Å². The van der Waals surface area contributed by atoms with Crippen LogP contribution in [0, 0.1) is 0 Å². The SMILES string of the molecule is CCOc1ccc(C(=O)N2CCN(c3ccc(N(CC)CC)nn3)CC2)cc1. The number of benzene rings is 1. The lowest BCUT2D eigenvalue weighted by Crippen LogP contribution is -2.49. The van der Waals surface area contributed by atoms with Gasteiger partial charge in [0.15, 0.2) is 11.6 Å². The van der Waals surface area contributed by atoms with Crippen molar-refractivity contribution in [1.82, 2.24) is 15.1 Å². The van der Waals surface area contributed by atoms with E-state index >= 15 is 0 Å². The number of nitrogens with zero attached hydrogens (tertiary/aromatic N) is 5. The molecule has 0 atom stereocenters. The first kappa shape index (κ1) is 19.9. The summed E-state index contributed by atoms with van der Waals surface area (Å²) in [5.74, 6) is 2.61. The highest BCUT2D eigenvalue weighted by atomic mass is 16.5. The normalized spacial score (nSPS) is 14.1. The second-order valence-corrected chi connectivity index (χ2v) is 6.66. The molecular weight excluding hydrogens is 354 g/mol. The number of carbonyl (C=O) groups excluding carboxylic acids is 1. The maximum atomic E-state index is 12.7. The summed E-state index contributed by atoms with van der Waals surface area (Å²) in [4.78, 5) is 19.0. The zero-order valence-corrected chi connectivity index (χ0v) is 17.0. The van der Waals surface area contributed by atoms with Gasteiger partial charge in [0.2, 0.25) is 0 Å². The van der Waals surface area contributed by atoms with Crippen LogP contribution in [0.5, 0.6) is 5.75 Å². The van der Waals surface area contributed by atoms with Crippen molar-refractivity contribution in [2.24, 2.45) is 0 Å². The minimum Gasteiger partial charge on any atom is -0.494 e. The molecule has 2 heterocycles. The van der Waals surface area contributed by atoms with Gasteiger partial charge < -0.3 is 19.4 Å². The molecule has 0 spiro atoms. The Morgan fingerprint density at radius 2 is 1.64 bits per heavy atom. The van der Waals surface area contributed by atoms with Crippen molar-refractivity contribution in [3.05, 3.63) is 42.0 Å². The minimum atomic E-state index is 0.0608. The number of hydrogen-bond donors (Lipinski definition) is 0. The number of ether oxygens (including phenoxy) is 1. The first-order valence-electron chi connectivity index (χ1n) is 10.0. The van der Waals surface area contributed by atoms with Gasteiger partial charge in [0, 0.05) is 44.8 Å². The standard InChI is InChI=1S/C21H29N5O2/c1-4-24(5-2)19-11-12-20(23-22-19)25-13-15-26(16-14-25)21(27)17-7-9-18(10-8-17)28-6-3/h7-12H,4-6,13-16H2,1-3H3. The third kappa shape index (κ3) is 4.52. The number of aromatic nitrogens is 2. The second-order valence-electron chi connectivity index (χ2n) is 6.66. The molecule has 0 unspecified atom stereocenters. The summed E-state index contributed by atoms with van der Waals surface area (Å²) in [7, 11) is 0. The van der Waals surface area contributed by atoms with Crippen molar-refractivity contribution < 1.29 is 9.53 Å². The quantitative estimate of drug-likeness (QED) is 0.733. The van der Waals surface area contributed by atoms with Gasteiger partial charge in [-0.2, -0.15) is 0 Å². The topological polar surface area (TPSA) is 61.8 Å². The predicted octanol–water partition coefficient (Wildman–Crippen LogP) is 2.68. The van der Waals surface area contributed by atoms with Crippen LogP contribution in [-0.2, 0) is 0 Å². The predicted molar refractivity (Wildman–Crippen MR) is 111 cm³/mol. The lowest BCUT2D eigenvalue weighted by atomic mass is 10.1. The van der Waals surface area contributed by atoms with Gasteiger partial charge in [-0.05, 0) is 57.2 Å². The van der Waals surface area contributed by atoms with Crippen molar-refractivity contribution in [2.45, 2.75) is 20.8 Å². The van der Waals surface area contributed by atoms with Crippen molar-refractivity contribution in [2.75, 3.05) is 55.7 Å². The highest BCUT2D eigenvalue weighted by Gasteiger charge is 2.23. The van der Waals surface area contributed by atoms with Crippen LogP contribution in [-0.4, -0.2) is 66.9 Å². The van der Waals surface area contributed by atoms with E-state index in [1.165, 1.54) is 0 Å². The molecule has 0 radical (unpaired) electrons. The summed E-state index contributed by atoms with van der Waals surface area (Å²) in [5, 5.41) is 8.75. The Morgan fingerprint density at radius 3 is 2.18 bits per heavy atom. The Bertz CT molecular complexity index is 751. The van der Waals surface area contributed by atoms with Gasteiger partial charge in [0.1, 0.15) is 5.75 Å². The first-order chi connectivity index (χ1) is 13.7. The fraction of sp³-hybridized carbons (Fsp3) is 0.476. The fourth-order valence-electron chi connectivity index (χ4n) is 3.38. The smallest absolute Gasteiger partial charge is 0.253 e. The summed E-state index contributed by atoms with van der Waals surface area (Å²) >= 11 is 0. The van der Waals surface area contributed by atoms with E-state index in [4.69, 9.17) is 4.74 Å². The molecule has 1 aliphatic rings. The van der Waals surface area contributed by atoms with Crippen LogP contribution >= 0.6 is 0 Å². The van der Waals surface area contributed by atoms with Crippen LogP contribution in [0.1, 0.15) is 31.1 Å². The molecular formula is C21H29N5O2. The van der Waals surface area contributed by atoms with Gasteiger partial charge in [0.05, 0.1) is 6.61 Å². The van der Waals surface area contributed by atoms with Gasteiger partial charge in [0.25, 0.3) is 5.91 Å². The average molecular weight is 383 g/mol. The molecule has 28 heavy (non-hydrogen) atoms. The molecule has 7 heteroatoms. The third-order valence-electron chi connectivity index (χ3n) is 5.03. The average Bonchev–Trinajstić information content (AvgIpc) is 2.75. The molecule has 0 saturated carbocycles. The molecule has 0 N–H and O–H groups in total. The number of anilines is 2. The van der Waals surface area contributed by atoms with Crippen LogP contribution in [0.4, 0.5) is 11.6 Å². The van der Waals surface area contributed by atoms with E-state index in [0.717, 1.165) is 43.6 Å². The number of hydrogen-bond acceptors (Lipinski definition) is 6. The maximum Gasteiger partial charge on any atom is 0.253 e. The fourth-order valence-corrected chi connectivity index (χ4v) is 3.38. The Kier molecular flexibility index (Phi) is 6.68. The highest BCUT2D eigenvalue weighted by Crippen LogP contribution is 2.18. The largest absolute Gasteiger partial charge is 0.494 e. The van der Waals surface area contributed by atoms with Gasteiger partial charge >= 0.3 is 0 Å². The van der Waals surface area contributed by atoms with E-state index in [9.17, 15) is 4.79 Å². The highest BCUT2D eigenvalue weighted by molar-refractivity contribution is 5.94. The molecule has 1 saturated heterocycles. The number of rotatable bonds is 7. The summed E-state index contributed by atoms with van der Waals surface area (Å²) in [6.45, 7) is 11.5. The molecule has 1 aromatic heterocycles. The molecule has 0 bridgehead atoms. The van der Waals surface area contributed by atoms with Crippen molar-refractivity contribution in [3.63, 3.8) is 0 Å². The number of piperazine rings is 1.